The molecule has 7 nitrogen and oxygen atoms in total. The van der Waals surface area contributed by atoms with Gasteiger partial charge in [0.2, 0.25) is 5.91 Å². The zero-order valence-electron chi connectivity index (χ0n) is 14.9. The molecule has 1 heterocycles. The Kier molecular flexibility index (Phi) is 6.05. The third-order valence-electron chi connectivity index (χ3n) is 4.19. The number of hydrazine groups is 1. The summed E-state index contributed by atoms with van der Waals surface area (Å²) in [6.07, 6.45) is -0.154. The third-order valence-corrected chi connectivity index (χ3v) is 5.18. The van der Waals surface area contributed by atoms with E-state index in [0.717, 1.165) is 4.47 Å². The van der Waals surface area contributed by atoms with Gasteiger partial charge in [-0.2, -0.15) is 0 Å². The molecule has 0 aromatic heterocycles. The molecule has 1 aliphatic rings. The maximum absolute atomic E-state index is 12.5. The predicted molar refractivity (Wildman–Crippen MR) is 112 cm³/mol. The number of nitrogens with zero attached hydrogens (tertiary/aromatic N) is 2. The van der Waals surface area contributed by atoms with E-state index in [0.29, 0.717) is 11.3 Å². The van der Waals surface area contributed by atoms with Gasteiger partial charge in [-0.25, -0.2) is 5.01 Å². The number of carbonyl (C=O) groups excluding carboxylic acids is 3. The monoisotopic (exact) mass is 460 g/mol. The molecule has 1 saturated heterocycles. The zero-order valence-corrected chi connectivity index (χ0v) is 17.3. The minimum absolute atomic E-state index is 0.132. The average molecular weight is 461 g/mol. The number of likely N-dealkylation sites (N-methyl/N-ethyl adjacent to an activating group) is 1. The summed E-state index contributed by atoms with van der Waals surface area (Å²) < 4.78 is 0.839. The molecule has 3 rings (SSSR count). The van der Waals surface area contributed by atoms with Crippen LogP contribution in [0.4, 0.5) is 5.69 Å². The van der Waals surface area contributed by atoms with E-state index >= 15 is 0 Å². The molecule has 1 fully saturated rings. The van der Waals surface area contributed by atoms with Crippen molar-refractivity contribution in [3.05, 3.63) is 64.6 Å². The number of rotatable bonds is 5. The highest BCUT2D eigenvalue weighted by atomic mass is 79.9. The number of amides is 3. The minimum Gasteiger partial charge on any atom is -0.326 e. The largest absolute Gasteiger partial charge is 0.326 e. The summed E-state index contributed by atoms with van der Waals surface area (Å²) in [7, 11) is 1.51. The van der Waals surface area contributed by atoms with Crippen molar-refractivity contribution in [2.24, 2.45) is 0 Å². The van der Waals surface area contributed by atoms with E-state index in [9.17, 15) is 14.4 Å². The molecule has 0 bridgehead atoms. The second-order valence-corrected chi connectivity index (χ2v) is 7.41. The Morgan fingerprint density at radius 2 is 1.75 bits per heavy atom. The number of hydrogen-bond donors (Lipinski definition) is 2. The Bertz CT molecular complexity index is 921. The van der Waals surface area contributed by atoms with Crippen LogP contribution in [0.5, 0.6) is 0 Å². The topological polar surface area (TPSA) is 81.8 Å². The fourth-order valence-corrected chi connectivity index (χ4v) is 3.24. The lowest BCUT2D eigenvalue weighted by Gasteiger charge is -2.24. The first-order chi connectivity index (χ1) is 13.4. The van der Waals surface area contributed by atoms with E-state index in [-0.39, 0.29) is 23.3 Å². The molecule has 28 heavy (non-hydrogen) atoms. The van der Waals surface area contributed by atoms with Crippen LogP contribution in [-0.4, -0.2) is 45.8 Å². The summed E-state index contributed by atoms with van der Waals surface area (Å²) in [5, 5.41) is 4.14. The molecule has 1 aliphatic heterocycles. The van der Waals surface area contributed by atoms with Crippen molar-refractivity contribution in [2.45, 2.75) is 12.5 Å². The van der Waals surface area contributed by atoms with Crippen molar-refractivity contribution in [3.8, 4) is 0 Å². The van der Waals surface area contributed by atoms with E-state index < -0.39 is 11.9 Å². The maximum atomic E-state index is 12.5. The van der Waals surface area contributed by atoms with Crippen LogP contribution >= 0.6 is 28.1 Å². The molecule has 0 radical (unpaired) electrons. The summed E-state index contributed by atoms with van der Waals surface area (Å²) >= 11 is 8.58. The molecule has 9 heteroatoms. The van der Waals surface area contributed by atoms with Crippen LogP contribution in [0.25, 0.3) is 0 Å². The van der Waals surface area contributed by atoms with Gasteiger partial charge < -0.3 is 5.32 Å². The summed E-state index contributed by atoms with van der Waals surface area (Å²) in [5.41, 5.74) is 3.67. The summed E-state index contributed by atoms with van der Waals surface area (Å²) in [6, 6.07) is 14.8. The maximum Gasteiger partial charge on any atom is 0.269 e. The Labute approximate surface area is 175 Å². The standard InChI is InChI=1S/C19H17BrN4O3S/c1-23-18(27)15(11-16(25)21-14-5-3-2-4-6-14)24(19(23)28)22-17(26)12-7-9-13(20)10-8-12/h2-10,15H,11H2,1H3,(H,21,25)(H,22,26). The van der Waals surface area contributed by atoms with Crippen molar-refractivity contribution in [1.82, 2.24) is 15.3 Å². The fourth-order valence-electron chi connectivity index (χ4n) is 2.71. The Balaban J connectivity index is 1.73. The number of anilines is 1. The van der Waals surface area contributed by atoms with Crippen LogP contribution in [0.2, 0.25) is 0 Å². The van der Waals surface area contributed by atoms with Gasteiger partial charge in [-0.15, -0.1) is 0 Å². The quantitative estimate of drug-likeness (QED) is 0.670. The number of thiocarbonyl (C=S) groups is 1. The molecule has 0 saturated carbocycles. The second-order valence-electron chi connectivity index (χ2n) is 6.13. The number of carbonyl (C=O) groups is 3. The molecule has 0 spiro atoms. The van der Waals surface area contributed by atoms with Crippen LogP contribution in [0, 0.1) is 0 Å². The van der Waals surface area contributed by atoms with Gasteiger partial charge in [-0.3, -0.25) is 24.7 Å². The molecule has 0 aliphatic carbocycles. The lowest BCUT2D eigenvalue weighted by molar-refractivity contribution is -0.130. The van der Waals surface area contributed by atoms with Gasteiger partial charge in [0.1, 0.15) is 6.04 Å². The van der Waals surface area contributed by atoms with Gasteiger partial charge in [-0.05, 0) is 48.6 Å². The van der Waals surface area contributed by atoms with E-state index in [4.69, 9.17) is 12.2 Å². The van der Waals surface area contributed by atoms with Crippen LogP contribution in [0.3, 0.4) is 0 Å². The lowest BCUT2D eigenvalue weighted by atomic mass is 10.2. The highest BCUT2D eigenvalue weighted by molar-refractivity contribution is 9.10. The van der Waals surface area contributed by atoms with Crippen molar-refractivity contribution >= 4 is 56.7 Å². The zero-order chi connectivity index (χ0) is 20.3. The number of hydrogen-bond acceptors (Lipinski definition) is 4. The summed E-state index contributed by atoms with van der Waals surface area (Å²) in [4.78, 5) is 38.7. The van der Waals surface area contributed by atoms with Crippen LogP contribution < -0.4 is 10.7 Å². The Morgan fingerprint density at radius 3 is 2.39 bits per heavy atom. The van der Waals surface area contributed by atoms with E-state index in [2.05, 4.69) is 26.7 Å². The average Bonchev–Trinajstić information content (AvgIpc) is 2.87. The second kappa shape index (κ2) is 8.49. The highest BCUT2D eigenvalue weighted by Crippen LogP contribution is 2.19. The molecule has 1 unspecified atom stereocenters. The molecule has 144 valence electrons. The first-order valence-electron chi connectivity index (χ1n) is 8.39. The lowest BCUT2D eigenvalue weighted by Crippen LogP contribution is -2.49. The van der Waals surface area contributed by atoms with E-state index in [1.165, 1.54) is 17.0 Å². The van der Waals surface area contributed by atoms with Gasteiger partial charge in [-0.1, -0.05) is 34.1 Å². The SMILES string of the molecule is CN1C(=O)C(CC(=O)Nc2ccccc2)N(NC(=O)c2ccc(Br)cc2)C1=S. The summed E-state index contributed by atoms with van der Waals surface area (Å²) in [5.74, 6) is -1.14. The van der Waals surface area contributed by atoms with Gasteiger partial charge in [0.15, 0.2) is 5.11 Å². The molecular formula is C19H17BrN4O3S. The van der Waals surface area contributed by atoms with Crippen LogP contribution in [0.15, 0.2) is 59.1 Å². The van der Waals surface area contributed by atoms with Crippen molar-refractivity contribution < 1.29 is 14.4 Å². The van der Waals surface area contributed by atoms with Gasteiger partial charge in [0.05, 0.1) is 6.42 Å². The smallest absolute Gasteiger partial charge is 0.269 e. The Morgan fingerprint density at radius 1 is 1.11 bits per heavy atom. The third kappa shape index (κ3) is 4.37. The number of nitrogens with one attached hydrogen (secondary N) is 2. The van der Waals surface area contributed by atoms with E-state index in [1.54, 1.807) is 48.5 Å². The van der Waals surface area contributed by atoms with Gasteiger partial charge in [0.25, 0.3) is 11.8 Å². The number of benzene rings is 2. The van der Waals surface area contributed by atoms with Crippen molar-refractivity contribution in [1.29, 1.82) is 0 Å². The fraction of sp³-hybridized carbons (Fsp3) is 0.158. The minimum atomic E-state index is -0.916. The number of para-hydroxylation sites is 1. The van der Waals surface area contributed by atoms with Crippen LogP contribution in [0.1, 0.15) is 16.8 Å². The highest BCUT2D eigenvalue weighted by Gasteiger charge is 2.42. The number of halogens is 1. The first-order valence-corrected chi connectivity index (χ1v) is 9.59. The van der Waals surface area contributed by atoms with E-state index in [1.807, 2.05) is 6.07 Å². The molecule has 2 aromatic rings. The molecule has 3 amide bonds. The molecular weight excluding hydrogens is 444 g/mol. The summed E-state index contributed by atoms with van der Waals surface area (Å²) in [6.45, 7) is 0. The van der Waals surface area contributed by atoms with Gasteiger partial charge >= 0.3 is 0 Å². The van der Waals surface area contributed by atoms with Crippen molar-refractivity contribution in [3.63, 3.8) is 0 Å². The normalized spacial score (nSPS) is 16.3. The predicted octanol–water partition coefficient (Wildman–Crippen LogP) is 2.55. The van der Waals surface area contributed by atoms with Crippen molar-refractivity contribution in [2.75, 3.05) is 12.4 Å². The van der Waals surface area contributed by atoms with Gasteiger partial charge in [0, 0.05) is 22.8 Å². The Hall–Kier alpha value is -2.78. The van der Waals surface area contributed by atoms with Crippen LogP contribution in [-0.2, 0) is 9.59 Å². The molecule has 1 atom stereocenters. The first kappa shape index (κ1) is 20.0. The molecule has 2 N–H and O–H groups in total. The molecule has 2 aromatic carbocycles.